The predicted molar refractivity (Wildman–Crippen MR) is 125 cm³/mol. The Bertz CT molecular complexity index is 1290. The number of aliphatic imine (C=N–C) groups is 1. The third-order valence-corrected chi connectivity index (χ3v) is 6.81. The van der Waals surface area contributed by atoms with Gasteiger partial charge in [-0.25, -0.2) is 37.8 Å². The number of ether oxygens (including phenoxy) is 1. The molecule has 2 aliphatic rings. The summed E-state index contributed by atoms with van der Waals surface area (Å²) in [6.07, 6.45) is 3.92. The Morgan fingerprint density at radius 3 is 2.81 bits per heavy atom. The molecule has 2 aliphatic heterocycles. The molecule has 190 valence electrons. The second-order valence-corrected chi connectivity index (χ2v) is 9.27. The maximum atomic E-state index is 15.1. The molecule has 0 unspecified atom stereocenters. The number of benzene rings is 1. The van der Waals surface area contributed by atoms with Crippen LogP contribution in [0.25, 0.3) is 5.82 Å². The van der Waals surface area contributed by atoms with Gasteiger partial charge in [0, 0.05) is 29.8 Å². The van der Waals surface area contributed by atoms with Crippen molar-refractivity contribution in [3.8, 4) is 5.82 Å². The normalized spacial score (nSPS) is 23.4. The monoisotopic (exact) mass is 522 g/mol. The molecule has 1 fully saturated rings. The smallest absolute Gasteiger partial charge is 0.275 e. The van der Waals surface area contributed by atoms with E-state index in [1.807, 2.05) is 0 Å². The van der Waals surface area contributed by atoms with Crippen LogP contribution in [0.1, 0.15) is 23.0 Å². The standard InChI is InChI=1S/C21H19F3N8O2S.H2O/c1-20(23,24)17-13-7-35-19(25)31-21(13,8-34-17)12-4-11(2-3-14(12)22)30-18(33)15-5-28-16(6-27-15)32-10-26-9-29-32;/h2-6,9-10,13,17H,7-8H2,1H3,(H2,25,31)(H,30,33);1H2/t13-,17+,21-;/m1./s1. The van der Waals surface area contributed by atoms with Gasteiger partial charge in [-0.15, -0.1) is 0 Å². The van der Waals surface area contributed by atoms with E-state index in [4.69, 9.17) is 10.5 Å². The number of nitrogens with one attached hydrogen (secondary N) is 1. The molecule has 11 nitrogen and oxygen atoms in total. The molecule has 0 spiro atoms. The Kier molecular flexibility index (Phi) is 6.72. The number of aromatic nitrogens is 5. The number of amides is 1. The molecule has 36 heavy (non-hydrogen) atoms. The lowest BCUT2D eigenvalue weighted by Crippen LogP contribution is -2.46. The maximum Gasteiger partial charge on any atom is 0.275 e. The first-order valence-corrected chi connectivity index (χ1v) is 11.4. The third kappa shape index (κ3) is 4.52. The molecule has 5 rings (SSSR count). The van der Waals surface area contributed by atoms with Crippen molar-refractivity contribution in [3.63, 3.8) is 0 Å². The highest BCUT2D eigenvalue weighted by Gasteiger charge is 2.59. The molecule has 1 aromatic carbocycles. The summed E-state index contributed by atoms with van der Waals surface area (Å²) in [6, 6.07) is 3.86. The number of hydrogen-bond donors (Lipinski definition) is 2. The highest BCUT2D eigenvalue weighted by atomic mass is 32.2. The Hall–Kier alpha value is -3.56. The van der Waals surface area contributed by atoms with E-state index in [1.165, 1.54) is 41.9 Å². The Morgan fingerprint density at radius 2 is 2.14 bits per heavy atom. The number of thioether (sulfide) groups is 1. The van der Waals surface area contributed by atoms with E-state index in [2.05, 4.69) is 30.4 Å². The quantitative estimate of drug-likeness (QED) is 0.509. The number of hydrogen-bond acceptors (Lipinski definition) is 9. The van der Waals surface area contributed by atoms with Crippen molar-refractivity contribution >= 4 is 28.5 Å². The molecular weight excluding hydrogens is 501 g/mol. The lowest BCUT2D eigenvalue weighted by molar-refractivity contribution is -0.113. The molecule has 0 bridgehead atoms. The minimum Gasteiger partial charge on any atom is -0.412 e. The topological polar surface area (TPSA) is 165 Å². The molecule has 0 saturated carbocycles. The van der Waals surface area contributed by atoms with E-state index in [9.17, 15) is 13.6 Å². The van der Waals surface area contributed by atoms with Crippen LogP contribution < -0.4 is 11.1 Å². The fourth-order valence-corrected chi connectivity index (χ4v) is 5.31. The number of carbonyl (C=O) groups excluding carboxylic acids is 1. The van der Waals surface area contributed by atoms with E-state index in [-0.39, 0.29) is 39.9 Å². The van der Waals surface area contributed by atoms with Gasteiger partial charge in [-0.1, -0.05) is 11.8 Å². The van der Waals surface area contributed by atoms with Gasteiger partial charge in [-0.05, 0) is 18.2 Å². The second-order valence-electron chi connectivity index (χ2n) is 8.23. The molecule has 4 heterocycles. The third-order valence-electron chi connectivity index (χ3n) is 5.90. The first-order valence-electron chi connectivity index (χ1n) is 10.4. The molecular formula is C21H21F3N8O3S. The summed E-state index contributed by atoms with van der Waals surface area (Å²) >= 11 is 1.12. The number of nitrogens with zero attached hydrogens (tertiary/aromatic N) is 6. The van der Waals surface area contributed by atoms with Crippen LogP contribution in [0.2, 0.25) is 0 Å². The van der Waals surface area contributed by atoms with Crippen molar-refractivity contribution in [2.24, 2.45) is 16.6 Å². The Balaban J connectivity index is 0.00000304. The van der Waals surface area contributed by atoms with E-state index in [0.29, 0.717) is 5.82 Å². The number of nitrogens with two attached hydrogens (primary N) is 1. The lowest BCUT2D eigenvalue weighted by atomic mass is 9.77. The highest BCUT2D eigenvalue weighted by molar-refractivity contribution is 8.13. The summed E-state index contributed by atoms with van der Waals surface area (Å²) in [5.74, 6) is -4.70. The van der Waals surface area contributed by atoms with Crippen LogP contribution in [0.3, 0.4) is 0 Å². The fraction of sp³-hybridized carbons (Fsp3) is 0.333. The minimum atomic E-state index is -3.16. The van der Waals surface area contributed by atoms with Gasteiger partial charge in [0.1, 0.15) is 35.8 Å². The number of alkyl halides is 2. The molecule has 5 N–H and O–H groups in total. The Morgan fingerprint density at radius 1 is 1.33 bits per heavy atom. The number of halogens is 3. The molecule has 1 amide bonds. The lowest BCUT2D eigenvalue weighted by Gasteiger charge is -2.37. The van der Waals surface area contributed by atoms with Gasteiger partial charge in [-0.2, -0.15) is 5.10 Å². The van der Waals surface area contributed by atoms with Gasteiger partial charge < -0.3 is 21.3 Å². The van der Waals surface area contributed by atoms with Gasteiger partial charge in [0.2, 0.25) is 0 Å². The molecule has 3 atom stereocenters. The summed E-state index contributed by atoms with van der Waals surface area (Å²) in [7, 11) is 0. The summed E-state index contributed by atoms with van der Waals surface area (Å²) in [5.41, 5.74) is 4.71. The maximum absolute atomic E-state index is 15.1. The van der Waals surface area contributed by atoms with Gasteiger partial charge >= 0.3 is 0 Å². The highest BCUT2D eigenvalue weighted by Crippen LogP contribution is 2.51. The van der Waals surface area contributed by atoms with Crippen LogP contribution in [0.15, 0.2) is 48.2 Å². The van der Waals surface area contributed by atoms with E-state index in [0.717, 1.165) is 24.8 Å². The van der Waals surface area contributed by atoms with E-state index < -0.39 is 35.2 Å². The van der Waals surface area contributed by atoms with Crippen LogP contribution >= 0.6 is 11.8 Å². The summed E-state index contributed by atoms with van der Waals surface area (Å²) in [6.45, 7) is 0.499. The Labute approximate surface area is 206 Å². The largest absolute Gasteiger partial charge is 0.412 e. The zero-order valence-electron chi connectivity index (χ0n) is 18.7. The summed E-state index contributed by atoms with van der Waals surface area (Å²) in [5, 5.41) is 6.72. The first kappa shape index (κ1) is 25.5. The fourth-order valence-electron chi connectivity index (χ4n) is 4.29. The van der Waals surface area contributed by atoms with Crippen LogP contribution in [0.5, 0.6) is 0 Å². The van der Waals surface area contributed by atoms with E-state index in [1.54, 1.807) is 0 Å². The van der Waals surface area contributed by atoms with Crippen molar-refractivity contribution in [1.29, 1.82) is 0 Å². The average Bonchev–Trinajstić information content (AvgIpc) is 3.48. The number of fused-ring (bicyclic) bond motifs is 1. The number of rotatable bonds is 5. The zero-order valence-corrected chi connectivity index (χ0v) is 19.5. The van der Waals surface area contributed by atoms with Gasteiger partial charge in [0.25, 0.3) is 11.8 Å². The van der Waals surface area contributed by atoms with E-state index >= 15 is 4.39 Å². The van der Waals surface area contributed by atoms with Crippen LogP contribution in [-0.2, 0) is 10.3 Å². The summed E-state index contributed by atoms with van der Waals surface area (Å²) < 4.78 is 50.4. The first-order chi connectivity index (χ1) is 16.7. The molecule has 3 aromatic rings. The van der Waals surface area contributed by atoms with Crippen LogP contribution in [0.4, 0.5) is 18.9 Å². The zero-order chi connectivity index (χ0) is 24.8. The molecule has 2 aromatic heterocycles. The number of amidine groups is 1. The molecule has 15 heteroatoms. The second kappa shape index (κ2) is 9.48. The van der Waals surface area contributed by atoms with Crippen LogP contribution in [-0.4, -0.2) is 65.7 Å². The van der Waals surface area contributed by atoms with Crippen molar-refractivity contribution in [3.05, 3.63) is 60.3 Å². The SMILES string of the molecule is CC(F)(F)[C@H]1OC[C@]2(c3cc(NC(=O)c4cnc(-n5cncn5)cn4)ccc3F)N=C(N)SC[C@H]12.O. The molecule has 0 radical (unpaired) electrons. The molecule has 1 saturated heterocycles. The van der Waals surface area contributed by atoms with Gasteiger partial charge in [0.15, 0.2) is 11.0 Å². The average molecular weight is 523 g/mol. The van der Waals surface area contributed by atoms with Crippen molar-refractivity contribution < 1.29 is 28.2 Å². The number of anilines is 1. The minimum absolute atomic E-state index is 0. The summed E-state index contributed by atoms with van der Waals surface area (Å²) in [4.78, 5) is 29.1. The van der Waals surface area contributed by atoms with Crippen LogP contribution in [0, 0.1) is 11.7 Å². The van der Waals surface area contributed by atoms with Crippen molar-refractivity contribution in [2.45, 2.75) is 24.5 Å². The van der Waals surface area contributed by atoms with Gasteiger partial charge in [0.05, 0.1) is 19.0 Å². The molecule has 0 aliphatic carbocycles. The predicted octanol–water partition coefficient (Wildman–Crippen LogP) is 1.55. The van der Waals surface area contributed by atoms with Crippen molar-refractivity contribution in [2.75, 3.05) is 17.7 Å². The van der Waals surface area contributed by atoms with Crippen molar-refractivity contribution in [1.82, 2.24) is 24.7 Å². The number of carbonyl (C=O) groups is 1. The van der Waals surface area contributed by atoms with Gasteiger partial charge in [-0.3, -0.25) is 4.79 Å².